The van der Waals surface area contributed by atoms with Gasteiger partial charge in [-0.25, -0.2) is 0 Å². The highest BCUT2D eigenvalue weighted by molar-refractivity contribution is 7.80. The van der Waals surface area contributed by atoms with Gasteiger partial charge in [-0.05, 0) is 37.4 Å². The van der Waals surface area contributed by atoms with Gasteiger partial charge in [-0.2, -0.15) is 12.6 Å². The summed E-state index contributed by atoms with van der Waals surface area (Å²) in [5.74, 6) is 1.27. The molecule has 104 valence electrons. The summed E-state index contributed by atoms with van der Waals surface area (Å²) < 4.78 is 0. The van der Waals surface area contributed by atoms with E-state index >= 15 is 0 Å². The Morgan fingerprint density at radius 2 is 1.83 bits per heavy atom. The number of hydrogen-bond donors (Lipinski definition) is 2. The van der Waals surface area contributed by atoms with Gasteiger partial charge in [-0.1, -0.05) is 19.3 Å². The number of aliphatic hydroxyl groups is 1. The molecule has 2 aliphatic rings. The summed E-state index contributed by atoms with van der Waals surface area (Å²) in [6, 6.07) is 0. The van der Waals surface area contributed by atoms with E-state index in [0.29, 0.717) is 18.1 Å². The molecule has 0 aromatic heterocycles. The summed E-state index contributed by atoms with van der Waals surface area (Å²) in [6.07, 6.45) is 8.21. The molecule has 1 N–H and O–H groups in total. The number of rotatable bonds is 3. The van der Waals surface area contributed by atoms with Gasteiger partial charge in [-0.3, -0.25) is 4.79 Å². The SMILES string of the molecule is O=C(CCS)N1CCC(O)(C2CCCCC2)CC1. The molecule has 0 atom stereocenters. The van der Waals surface area contributed by atoms with Gasteiger partial charge < -0.3 is 10.0 Å². The second kappa shape index (κ2) is 6.29. The second-order valence-electron chi connectivity index (χ2n) is 5.79. The third-order valence-electron chi connectivity index (χ3n) is 4.67. The molecule has 3 nitrogen and oxygen atoms in total. The number of hydrogen-bond acceptors (Lipinski definition) is 3. The van der Waals surface area contributed by atoms with Crippen LogP contribution in [0.1, 0.15) is 51.4 Å². The van der Waals surface area contributed by atoms with Crippen molar-refractivity contribution in [3.8, 4) is 0 Å². The van der Waals surface area contributed by atoms with Crippen LogP contribution in [0.2, 0.25) is 0 Å². The molecule has 0 radical (unpaired) electrons. The quantitative estimate of drug-likeness (QED) is 0.773. The minimum absolute atomic E-state index is 0.190. The lowest BCUT2D eigenvalue weighted by Crippen LogP contribution is -2.50. The number of amides is 1. The van der Waals surface area contributed by atoms with Gasteiger partial charge in [0.2, 0.25) is 5.91 Å². The van der Waals surface area contributed by atoms with Crippen LogP contribution in [-0.2, 0) is 4.79 Å². The summed E-state index contributed by atoms with van der Waals surface area (Å²) in [7, 11) is 0. The van der Waals surface area contributed by atoms with E-state index in [9.17, 15) is 9.90 Å². The lowest BCUT2D eigenvalue weighted by Gasteiger charge is -2.44. The maximum Gasteiger partial charge on any atom is 0.223 e. The van der Waals surface area contributed by atoms with Crippen LogP contribution in [0.3, 0.4) is 0 Å². The van der Waals surface area contributed by atoms with Gasteiger partial charge in [0, 0.05) is 19.5 Å². The molecule has 0 aromatic carbocycles. The summed E-state index contributed by atoms with van der Waals surface area (Å²) in [4.78, 5) is 13.7. The fraction of sp³-hybridized carbons (Fsp3) is 0.929. The molecular formula is C14H25NO2S. The monoisotopic (exact) mass is 271 g/mol. The zero-order valence-electron chi connectivity index (χ0n) is 11.1. The van der Waals surface area contributed by atoms with Gasteiger partial charge in [0.05, 0.1) is 5.60 Å². The molecule has 0 unspecified atom stereocenters. The van der Waals surface area contributed by atoms with Crippen molar-refractivity contribution in [3.05, 3.63) is 0 Å². The molecular weight excluding hydrogens is 246 g/mol. The molecule has 0 spiro atoms. The first-order valence-electron chi connectivity index (χ1n) is 7.27. The van der Waals surface area contributed by atoms with E-state index in [2.05, 4.69) is 12.6 Å². The van der Waals surface area contributed by atoms with E-state index in [1.807, 2.05) is 4.90 Å². The Hall–Kier alpha value is -0.220. The molecule has 1 amide bonds. The Bertz CT molecular complexity index is 282. The Morgan fingerprint density at radius 1 is 1.22 bits per heavy atom. The van der Waals surface area contributed by atoms with Crippen molar-refractivity contribution in [3.63, 3.8) is 0 Å². The highest BCUT2D eigenvalue weighted by Crippen LogP contribution is 2.38. The summed E-state index contributed by atoms with van der Waals surface area (Å²) >= 11 is 4.10. The first kappa shape index (κ1) is 14.2. The third-order valence-corrected chi connectivity index (χ3v) is 4.90. The average molecular weight is 271 g/mol. The van der Waals surface area contributed by atoms with Gasteiger partial charge in [0.25, 0.3) is 0 Å². The van der Waals surface area contributed by atoms with Crippen LogP contribution in [0.4, 0.5) is 0 Å². The van der Waals surface area contributed by atoms with E-state index in [-0.39, 0.29) is 5.91 Å². The van der Waals surface area contributed by atoms with E-state index in [1.54, 1.807) is 0 Å². The maximum absolute atomic E-state index is 11.8. The highest BCUT2D eigenvalue weighted by atomic mass is 32.1. The van der Waals surface area contributed by atoms with Crippen LogP contribution in [0.5, 0.6) is 0 Å². The lowest BCUT2D eigenvalue weighted by molar-refractivity contribution is -0.138. The van der Waals surface area contributed by atoms with Crippen molar-refractivity contribution in [1.82, 2.24) is 4.90 Å². The van der Waals surface area contributed by atoms with Crippen LogP contribution in [0.15, 0.2) is 0 Å². The Labute approximate surface area is 115 Å². The van der Waals surface area contributed by atoms with Crippen LogP contribution in [0.25, 0.3) is 0 Å². The summed E-state index contributed by atoms with van der Waals surface area (Å²) in [6.45, 7) is 1.44. The molecule has 1 aliphatic heterocycles. The van der Waals surface area contributed by atoms with Crippen molar-refractivity contribution < 1.29 is 9.90 Å². The van der Waals surface area contributed by atoms with Crippen LogP contribution >= 0.6 is 12.6 Å². The Morgan fingerprint density at radius 3 is 2.39 bits per heavy atom. The van der Waals surface area contributed by atoms with Gasteiger partial charge in [0.15, 0.2) is 0 Å². The predicted octanol–water partition coefficient (Wildman–Crippen LogP) is 2.24. The van der Waals surface area contributed by atoms with Crippen molar-refractivity contribution >= 4 is 18.5 Å². The normalized spacial score (nSPS) is 25.1. The van der Waals surface area contributed by atoms with Crippen LogP contribution < -0.4 is 0 Å². The molecule has 1 heterocycles. The number of nitrogens with zero attached hydrogens (tertiary/aromatic N) is 1. The fourth-order valence-electron chi connectivity index (χ4n) is 3.45. The topological polar surface area (TPSA) is 40.5 Å². The van der Waals surface area contributed by atoms with Gasteiger partial charge in [0.1, 0.15) is 0 Å². The highest BCUT2D eigenvalue weighted by Gasteiger charge is 2.40. The third kappa shape index (κ3) is 3.21. The van der Waals surface area contributed by atoms with Crippen molar-refractivity contribution in [2.75, 3.05) is 18.8 Å². The maximum atomic E-state index is 11.8. The number of carbonyl (C=O) groups excluding carboxylic acids is 1. The van der Waals surface area contributed by atoms with Gasteiger partial charge in [-0.15, -0.1) is 0 Å². The first-order valence-corrected chi connectivity index (χ1v) is 7.90. The molecule has 2 rings (SSSR count). The smallest absolute Gasteiger partial charge is 0.223 e. The number of carbonyl (C=O) groups is 1. The predicted molar refractivity (Wildman–Crippen MR) is 75.8 cm³/mol. The molecule has 0 aromatic rings. The molecule has 0 bridgehead atoms. The molecule has 1 saturated carbocycles. The molecule has 2 fully saturated rings. The van der Waals surface area contributed by atoms with E-state index in [0.717, 1.165) is 25.9 Å². The standard InChI is InChI=1S/C14H25NO2S/c16-13(6-11-18)15-9-7-14(17,8-10-15)12-4-2-1-3-5-12/h12,17-18H,1-11H2. The second-order valence-corrected chi connectivity index (χ2v) is 6.24. The van der Waals surface area contributed by atoms with E-state index in [1.165, 1.54) is 32.1 Å². The van der Waals surface area contributed by atoms with E-state index in [4.69, 9.17) is 0 Å². The largest absolute Gasteiger partial charge is 0.389 e. The molecule has 4 heteroatoms. The molecule has 18 heavy (non-hydrogen) atoms. The van der Waals surface area contributed by atoms with Crippen LogP contribution in [-0.4, -0.2) is 40.4 Å². The fourth-order valence-corrected chi connectivity index (χ4v) is 3.64. The Kier molecular flexibility index (Phi) is 4.96. The zero-order valence-corrected chi connectivity index (χ0v) is 12.0. The van der Waals surface area contributed by atoms with Crippen molar-refractivity contribution in [2.24, 2.45) is 5.92 Å². The number of piperidine rings is 1. The lowest BCUT2D eigenvalue weighted by atomic mass is 9.72. The number of likely N-dealkylation sites (tertiary alicyclic amines) is 1. The van der Waals surface area contributed by atoms with E-state index < -0.39 is 5.60 Å². The Balaban J connectivity index is 1.86. The summed E-state index contributed by atoms with van der Waals surface area (Å²) in [5, 5.41) is 10.8. The number of thiol groups is 1. The minimum Gasteiger partial charge on any atom is -0.389 e. The molecule has 1 saturated heterocycles. The van der Waals surface area contributed by atoms with Crippen molar-refractivity contribution in [1.29, 1.82) is 0 Å². The van der Waals surface area contributed by atoms with Crippen LogP contribution in [0, 0.1) is 5.92 Å². The average Bonchev–Trinajstić information content (AvgIpc) is 2.41. The molecule has 1 aliphatic carbocycles. The van der Waals surface area contributed by atoms with Gasteiger partial charge >= 0.3 is 0 Å². The first-order chi connectivity index (χ1) is 8.65. The van der Waals surface area contributed by atoms with Crippen molar-refractivity contribution in [2.45, 2.75) is 57.0 Å². The minimum atomic E-state index is -0.502. The zero-order chi connectivity index (χ0) is 13.0. The summed E-state index contributed by atoms with van der Waals surface area (Å²) in [5.41, 5.74) is -0.502.